The van der Waals surface area contributed by atoms with Crippen molar-refractivity contribution in [2.24, 2.45) is 0 Å². The van der Waals surface area contributed by atoms with Crippen molar-refractivity contribution in [2.45, 2.75) is 17.3 Å². The molecular formula is C16H15NOS. The van der Waals surface area contributed by atoms with Gasteiger partial charge in [0.15, 0.2) is 0 Å². The van der Waals surface area contributed by atoms with Gasteiger partial charge in [0.2, 0.25) is 0 Å². The zero-order valence-corrected chi connectivity index (χ0v) is 11.3. The summed E-state index contributed by atoms with van der Waals surface area (Å²) in [5, 5.41) is 10.6. The minimum absolute atomic E-state index is 0.0775. The van der Waals surface area contributed by atoms with Gasteiger partial charge in [-0.25, -0.2) is 0 Å². The molecule has 0 aliphatic rings. The maximum absolute atomic E-state index is 9.44. The second-order valence-electron chi connectivity index (χ2n) is 4.43. The van der Waals surface area contributed by atoms with Crippen molar-refractivity contribution in [3.8, 4) is 0 Å². The van der Waals surface area contributed by atoms with Crippen LogP contribution in [0.25, 0.3) is 10.9 Å². The van der Waals surface area contributed by atoms with Crippen molar-refractivity contribution in [2.75, 3.05) is 0 Å². The summed E-state index contributed by atoms with van der Waals surface area (Å²) in [4.78, 5) is 4.46. The normalized spacial score (nSPS) is 11.0. The Morgan fingerprint density at radius 1 is 1.00 bits per heavy atom. The number of H-pyrrole nitrogens is 1. The topological polar surface area (TPSA) is 36.0 Å². The van der Waals surface area contributed by atoms with Gasteiger partial charge in [0.25, 0.3) is 0 Å². The highest BCUT2D eigenvalue weighted by molar-refractivity contribution is 7.98. The molecule has 96 valence electrons. The number of hydrogen-bond donors (Lipinski definition) is 2. The Hall–Kier alpha value is -1.71. The molecule has 0 fully saturated rings. The summed E-state index contributed by atoms with van der Waals surface area (Å²) in [5.74, 6) is 0.938. The SMILES string of the molecule is OCc1cccc2[nH]cc(SCc3ccccc3)c12. The van der Waals surface area contributed by atoms with Crippen LogP contribution in [0.15, 0.2) is 59.6 Å². The van der Waals surface area contributed by atoms with Crippen molar-refractivity contribution in [3.05, 3.63) is 65.9 Å². The van der Waals surface area contributed by atoms with E-state index in [0.717, 1.165) is 22.2 Å². The van der Waals surface area contributed by atoms with Crippen molar-refractivity contribution in [1.29, 1.82) is 0 Å². The molecule has 19 heavy (non-hydrogen) atoms. The third kappa shape index (κ3) is 2.53. The molecule has 3 aromatic rings. The van der Waals surface area contributed by atoms with E-state index in [1.54, 1.807) is 11.8 Å². The van der Waals surface area contributed by atoms with Crippen LogP contribution >= 0.6 is 11.8 Å². The molecule has 0 spiro atoms. The predicted octanol–water partition coefficient (Wildman–Crippen LogP) is 3.95. The molecule has 2 nitrogen and oxygen atoms in total. The summed E-state index contributed by atoms with van der Waals surface area (Å²) in [6, 6.07) is 16.4. The van der Waals surface area contributed by atoms with Gasteiger partial charge in [-0.2, -0.15) is 0 Å². The van der Waals surface area contributed by atoms with E-state index in [9.17, 15) is 5.11 Å². The summed E-state index contributed by atoms with van der Waals surface area (Å²) in [6.45, 7) is 0.0775. The van der Waals surface area contributed by atoms with Crippen LogP contribution < -0.4 is 0 Å². The quantitative estimate of drug-likeness (QED) is 0.703. The summed E-state index contributed by atoms with van der Waals surface area (Å²) in [6.07, 6.45) is 2.03. The largest absolute Gasteiger partial charge is 0.392 e. The van der Waals surface area contributed by atoms with Gasteiger partial charge in [-0.15, -0.1) is 11.8 Å². The maximum atomic E-state index is 9.44. The number of rotatable bonds is 4. The lowest BCUT2D eigenvalue weighted by atomic mass is 10.1. The molecule has 0 radical (unpaired) electrons. The smallest absolute Gasteiger partial charge is 0.0688 e. The maximum Gasteiger partial charge on any atom is 0.0688 e. The van der Waals surface area contributed by atoms with Gasteiger partial charge in [0, 0.05) is 27.7 Å². The van der Waals surface area contributed by atoms with Crippen molar-refractivity contribution in [3.63, 3.8) is 0 Å². The Morgan fingerprint density at radius 2 is 1.84 bits per heavy atom. The number of aromatic nitrogens is 1. The predicted molar refractivity (Wildman–Crippen MR) is 80.2 cm³/mol. The number of benzene rings is 2. The first kappa shape index (κ1) is 12.3. The lowest BCUT2D eigenvalue weighted by Gasteiger charge is -2.04. The molecule has 0 saturated heterocycles. The van der Waals surface area contributed by atoms with E-state index < -0.39 is 0 Å². The van der Waals surface area contributed by atoms with Crippen LogP contribution in [-0.4, -0.2) is 10.1 Å². The second-order valence-corrected chi connectivity index (χ2v) is 5.44. The lowest BCUT2D eigenvalue weighted by Crippen LogP contribution is -1.85. The van der Waals surface area contributed by atoms with Gasteiger partial charge < -0.3 is 10.1 Å². The lowest BCUT2D eigenvalue weighted by molar-refractivity contribution is 0.283. The van der Waals surface area contributed by atoms with Crippen LogP contribution in [0.5, 0.6) is 0 Å². The van der Waals surface area contributed by atoms with E-state index in [4.69, 9.17) is 0 Å². The van der Waals surface area contributed by atoms with Crippen LogP contribution in [0, 0.1) is 0 Å². The molecule has 3 rings (SSSR count). The van der Waals surface area contributed by atoms with Gasteiger partial charge in [0.1, 0.15) is 0 Å². The molecule has 0 atom stereocenters. The van der Waals surface area contributed by atoms with E-state index in [1.807, 2.05) is 30.5 Å². The zero-order valence-electron chi connectivity index (χ0n) is 10.5. The molecule has 0 bridgehead atoms. The average Bonchev–Trinajstić information content (AvgIpc) is 2.89. The monoisotopic (exact) mass is 269 g/mol. The Bertz CT molecular complexity index is 676. The van der Waals surface area contributed by atoms with Crippen LogP contribution in [0.4, 0.5) is 0 Å². The molecule has 1 aromatic heterocycles. The van der Waals surface area contributed by atoms with Crippen LogP contribution in [0.1, 0.15) is 11.1 Å². The van der Waals surface area contributed by atoms with Crippen molar-refractivity contribution >= 4 is 22.7 Å². The fourth-order valence-corrected chi connectivity index (χ4v) is 3.25. The standard InChI is InChI=1S/C16H15NOS/c18-10-13-7-4-8-14-16(13)15(9-17-14)19-11-12-5-2-1-3-6-12/h1-9,17-18H,10-11H2. The minimum Gasteiger partial charge on any atom is -0.392 e. The van der Waals surface area contributed by atoms with Gasteiger partial charge in [-0.05, 0) is 17.2 Å². The van der Waals surface area contributed by atoms with Gasteiger partial charge >= 0.3 is 0 Å². The molecule has 0 saturated carbocycles. The first-order valence-corrected chi connectivity index (χ1v) is 7.23. The molecule has 3 heteroatoms. The van der Waals surface area contributed by atoms with Crippen LogP contribution in [0.2, 0.25) is 0 Å². The van der Waals surface area contributed by atoms with E-state index >= 15 is 0 Å². The number of aliphatic hydroxyl groups excluding tert-OH is 1. The molecule has 0 amide bonds. The van der Waals surface area contributed by atoms with Crippen LogP contribution in [0.3, 0.4) is 0 Å². The highest BCUT2D eigenvalue weighted by Gasteiger charge is 2.08. The number of thioether (sulfide) groups is 1. The summed E-state index contributed by atoms with van der Waals surface area (Å²) < 4.78 is 0. The van der Waals surface area contributed by atoms with Crippen LogP contribution in [-0.2, 0) is 12.4 Å². The Kier molecular flexibility index (Phi) is 3.58. The molecule has 0 aliphatic carbocycles. The molecule has 2 N–H and O–H groups in total. The first-order valence-electron chi connectivity index (χ1n) is 6.25. The number of aliphatic hydroxyl groups is 1. The van der Waals surface area contributed by atoms with E-state index in [1.165, 1.54) is 10.5 Å². The average molecular weight is 269 g/mol. The number of fused-ring (bicyclic) bond motifs is 1. The Morgan fingerprint density at radius 3 is 2.63 bits per heavy atom. The second kappa shape index (κ2) is 5.51. The summed E-state index contributed by atoms with van der Waals surface area (Å²) in [7, 11) is 0. The highest BCUT2D eigenvalue weighted by Crippen LogP contribution is 2.32. The highest BCUT2D eigenvalue weighted by atomic mass is 32.2. The van der Waals surface area contributed by atoms with E-state index in [0.29, 0.717) is 0 Å². The summed E-state index contributed by atoms with van der Waals surface area (Å²) in [5.41, 5.74) is 3.37. The minimum atomic E-state index is 0.0775. The number of aromatic amines is 1. The third-order valence-electron chi connectivity index (χ3n) is 3.16. The molecule has 1 heterocycles. The van der Waals surface area contributed by atoms with Crippen molar-refractivity contribution in [1.82, 2.24) is 4.98 Å². The number of nitrogens with one attached hydrogen (secondary N) is 1. The van der Waals surface area contributed by atoms with Gasteiger partial charge in [-0.3, -0.25) is 0 Å². The zero-order chi connectivity index (χ0) is 13.1. The number of hydrogen-bond acceptors (Lipinski definition) is 2. The Balaban J connectivity index is 1.89. The van der Waals surface area contributed by atoms with E-state index in [2.05, 4.69) is 29.2 Å². The van der Waals surface area contributed by atoms with E-state index in [-0.39, 0.29) is 6.61 Å². The van der Waals surface area contributed by atoms with Gasteiger partial charge in [-0.1, -0.05) is 42.5 Å². The first-order chi connectivity index (χ1) is 9.38. The molecule has 2 aromatic carbocycles. The van der Waals surface area contributed by atoms with Gasteiger partial charge in [0.05, 0.1) is 6.61 Å². The fraction of sp³-hybridized carbons (Fsp3) is 0.125. The fourth-order valence-electron chi connectivity index (χ4n) is 2.21. The molecule has 0 aliphatic heterocycles. The molecular weight excluding hydrogens is 254 g/mol. The Labute approximate surface area is 116 Å². The summed E-state index contributed by atoms with van der Waals surface area (Å²) >= 11 is 1.80. The third-order valence-corrected chi connectivity index (χ3v) is 4.27. The molecule has 0 unspecified atom stereocenters. The van der Waals surface area contributed by atoms with Crippen molar-refractivity contribution < 1.29 is 5.11 Å².